The number of nitriles is 1. The zero-order chi connectivity index (χ0) is 15.4. The van der Waals surface area contributed by atoms with Gasteiger partial charge in [0.1, 0.15) is 6.54 Å². The van der Waals surface area contributed by atoms with Crippen molar-refractivity contribution in [3.05, 3.63) is 39.4 Å². The van der Waals surface area contributed by atoms with E-state index >= 15 is 0 Å². The van der Waals surface area contributed by atoms with Gasteiger partial charge in [0.15, 0.2) is 0 Å². The second-order valence-corrected chi connectivity index (χ2v) is 5.29. The van der Waals surface area contributed by atoms with Crippen LogP contribution in [0.4, 0.5) is 5.69 Å². The number of carbonyl (C=O) groups excluding carboxylic acids is 1. The number of non-ortho nitro benzene ring substituents is 1. The number of benzene rings is 1. The van der Waals surface area contributed by atoms with Crippen molar-refractivity contribution in [1.29, 1.82) is 5.26 Å². The molecule has 110 valence electrons. The van der Waals surface area contributed by atoms with Crippen LogP contribution < -0.4 is 0 Å². The SMILES string of the molecule is Cc1cc([N+](=O)[O-])ccc1C(=O)N(CC#N)C1CCCC1. The van der Waals surface area contributed by atoms with Gasteiger partial charge in [0.25, 0.3) is 11.6 Å². The highest BCUT2D eigenvalue weighted by atomic mass is 16.6. The van der Waals surface area contributed by atoms with E-state index in [1.165, 1.54) is 18.2 Å². The van der Waals surface area contributed by atoms with E-state index in [-0.39, 0.29) is 24.2 Å². The highest BCUT2D eigenvalue weighted by Crippen LogP contribution is 2.26. The molecule has 6 nitrogen and oxygen atoms in total. The Labute approximate surface area is 123 Å². The molecule has 1 fully saturated rings. The molecule has 1 aliphatic rings. The number of carbonyl (C=O) groups is 1. The second kappa shape index (κ2) is 6.35. The number of amides is 1. The number of nitro benzene ring substituents is 1. The summed E-state index contributed by atoms with van der Waals surface area (Å²) in [5.74, 6) is -0.212. The normalized spacial score (nSPS) is 14.7. The van der Waals surface area contributed by atoms with E-state index in [4.69, 9.17) is 5.26 Å². The Morgan fingerprint density at radius 1 is 1.48 bits per heavy atom. The molecule has 0 aromatic heterocycles. The Morgan fingerprint density at radius 2 is 2.14 bits per heavy atom. The zero-order valence-corrected chi connectivity index (χ0v) is 11.9. The molecule has 1 aromatic rings. The van der Waals surface area contributed by atoms with Crippen molar-refractivity contribution in [2.75, 3.05) is 6.54 Å². The molecule has 1 aromatic carbocycles. The van der Waals surface area contributed by atoms with Crippen LogP contribution in [0.5, 0.6) is 0 Å². The maximum atomic E-state index is 12.6. The summed E-state index contributed by atoms with van der Waals surface area (Å²) in [6, 6.07) is 6.35. The lowest BCUT2D eigenvalue weighted by Gasteiger charge is -2.27. The Hall–Kier alpha value is -2.42. The summed E-state index contributed by atoms with van der Waals surface area (Å²) >= 11 is 0. The van der Waals surface area contributed by atoms with Gasteiger partial charge in [-0.2, -0.15) is 5.26 Å². The molecular formula is C15H17N3O3. The largest absolute Gasteiger partial charge is 0.322 e. The van der Waals surface area contributed by atoms with Gasteiger partial charge >= 0.3 is 0 Å². The fourth-order valence-corrected chi connectivity index (χ4v) is 2.81. The maximum absolute atomic E-state index is 12.6. The average Bonchev–Trinajstić information content (AvgIpc) is 2.97. The van der Waals surface area contributed by atoms with Crippen LogP contribution in [0.25, 0.3) is 0 Å². The lowest BCUT2D eigenvalue weighted by Crippen LogP contribution is -2.39. The van der Waals surface area contributed by atoms with E-state index < -0.39 is 4.92 Å². The van der Waals surface area contributed by atoms with Crippen LogP contribution >= 0.6 is 0 Å². The topological polar surface area (TPSA) is 87.2 Å². The van der Waals surface area contributed by atoms with Gasteiger partial charge in [0, 0.05) is 23.7 Å². The fourth-order valence-electron chi connectivity index (χ4n) is 2.81. The van der Waals surface area contributed by atoms with E-state index in [1.54, 1.807) is 11.8 Å². The smallest absolute Gasteiger partial charge is 0.269 e. The standard InChI is InChI=1S/C15H17N3O3/c1-11-10-13(18(20)21)6-7-14(11)15(19)17(9-8-16)12-4-2-3-5-12/h6-7,10,12H,2-5,9H2,1H3. The van der Waals surface area contributed by atoms with Crippen molar-refractivity contribution in [3.8, 4) is 6.07 Å². The van der Waals surface area contributed by atoms with Crippen molar-refractivity contribution >= 4 is 11.6 Å². The van der Waals surface area contributed by atoms with Crippen molar-refractivity contribution in [2.24, 2.45) is 0 Å². The summed E-state index contributed by atoms with van der Waals surface area (Å²) < 4.78 is 0. The van der Waals surface area contributed by atoms with Gasteiger partial charge < -0.3 is 4.90 Å². The Morgan fingerprint density at radius 3 is 2.67 bits per heavy atom. The molecule has 0 aliphatic heterocycles. The van der Waals surface area contributed by atoms with Crippen molar-refractivity contribution in [3.63, 3.8) is 0 Å². The molecule has 2 rings (SSSR count). The van der Waals surface area contributed by atoms with Gasteiger partial charge in [-0.3, -0.25) is 14.9 Å². The molecular weight excluding hydrogens is 270 g/mol. The minimum absolute atomic E-state index is 0.0308. The summed E-state index contributed by atoms with van der Waals surface area (Å²) in [5.41, 5.74) is 0.967. The first-order valence-electron chi connectivity index (χ1n) is 6.97. The molecule has 21 heavy (non-hydrogen) atoms. The van der Waals surface area contributed by atoms with Gasteiger partial charge in [-0.25, -0.2) is 0 Å². The number of hydrogen-bond donors (Lipinski definition) is 0. The number of rotatable bonds is 4. The summed E-state index contributed by atoms with van der Waals surface area (Å²) in [5, 5.41) is 19.7. The van der Waals surface area contributed by atoms with Gasteiger partial charge in [0.2, 0.25) is 0 Å². The van der Waals surface area contributed by atoms with Crippen molar-refractivity contribution < 1.29 is 9.72 Å². The molecule has 0 radical (unpaired) electrons. The molecule has 0 saturated heterocycles. The van der Waals surface area contributed by atoms with Crippen LogP contribution in [-0.4, -0.2) is 28.3 Å². The van der Waals surface area contributed by atoms with Crippen LogP contribution in [0.1, 0.15) is 41.6 Å². The van der Waals surface area contributed by atoms with Crippen LogP contribution in [-0.2, 0) is 0 Å². The van der Waals surface area contributed by atoms with Crippen molar-refractivity contribution in [2.45, 2.75) is 38.6 Å². The molecule has 1 saturated carbocycles. The molecule has 0 N–H and O–H groups in total. The second-order valence-electron chi connectivity index (χ2n) is 5.29. The first-order chi connectivity index (χ1) is 10.0. The molecule has 6 heteroatoms. The molecule has 0 heterocycles. The van der Waals surface area contributed by atoms with E-state index in [1.807, 2.05) is 6.07 Å². The van der Waals surface area contributed by atoms with Crippen LogP contribution in [0.3, 0.4) is 0 Å². The third-order valence-electron chi connectivity index (χ3n) is 3.92. The number of nitrogens with zero attached hydrogens (tertiary/aromatic N) is 3. The minimum Gasteiger partial charge on any atom is -0.322 e. The van der Waals surface area contributed by atoms with Gasteiger partial charge in [0.05, 0.1) is 11.0 Å². The Kier molecular flexibility index (Phi) is 4.53. The molecule has 0 spiro atoms. The number of hydrogen-bond acceptors (Lipinski definition) is 4. The first kappa shape index (κ1) is 15.0. The molecule has 0 bridgehead atoms. The summed E-state index contributed by atoms with van der Waals surface area (Å²) in [6.07, 6.45) is 3.97. The average molecular weight is 287 g/mol. The first-order valence-corrected chi connectivity index (χ1v) is 6.97. The van der Waals surface area contributed by atoms with Gasteiger partial charge in [-0.1, -0.05) is 12.8 Å². The fraction of sp³-hybridized carbons (Fsp3) is 0.467. The molecule has 1 amide bonds. The highest BCUT2D eigenvalue weighted by molar-refractivity contribution is 5.96. The van der Waals surface area contributed by atoms with Crippen molar-refractivity contribution in [1.82, 2.24) is 4.90 Å². The summed E-state index contributed by atoms with van der Waals surface area (Å²) in [4.78, 5) is 24.5. The van der Waals surface area contributed by atoms with E-state index in [0.29, 0.717) is 11.1 Å². The van der Waals surface area contributed by atoms with Gasteiger partial charge in [-0.15, -0.1) is 0 Å². The molecule has 0 unspecified atom stereocenters. The number of nitro groups is 1. The molecule has 0 atom stereocenters. The van der Waals surface area contributed by atoms with Gasteiger partial charge in [-0.05, 0) is 31.4 Å². The lowest BCUT2D eigenvalue weighted by atomic mass is 10.1. The predicted molar refractivity (Wildman–Crippen MR) is 76.7 cm³/mol. The number of aryl methyl sites for hydroxylation is 1. The maximum Gasteiger partial charge on any atom is 0.269 e. The third kappa shape index (κ3) is 3.19. The predicted octanol–water partition coefficient (Wildman–Crippen LogP) is 2.81. The van der Waals surface area contributed by atoms with Crippen LogP contribution in [0.15, 0.2) is 18.2 Å². The monoisotopic (exact) mass is 287 g/mol. The Balaban J connectivity index is 2.28. The summed E-state index contributed by atoms with van der Waals surface area (Å²) in [6.45, 7) is 1.74. The Bertz CT molecular complexity index is 601. The van der Waals surface area contributed by atoms with E-state index in [2.05, 4.69) is 0 Å². The zero-order valence-electron chi connectivity index (χ0n) is 11.9. The van der Waals surface area contributed by atoms with Crippen LogP contribution in [0.2, 0.25) is 0 Å². The lowest BCUT2D eigenvalue weighted by molar-refractivity contribution is -0.384. The highest BCUT2D eigenvalue weighted by Gasteiger charge is 2.28. The van der Waals surface area contributed by atoms with E-state index in [0.717, 1.165) is 25.7 Å². The quantitative estimate of drug-likeness (QED) is 0.484. The third-order valence-corrected chi connectivity index (χ3v) is 3.92. The minimum atomic E-state index is -0.481. The molecule has 1 aliphatic carbocycles. The van der Waals surface area contributed by atoms with E-state index in [9.17, 15) is 14.9 Å². The van der Waals surface area contributed by atoms with Crippen LogP contribution in [0, 0.1) is 28.4 Å². The summed E-state index contributed by atoms with van der Waals surface area (Å²) in [7, 11) is 0.